The van der Waals surface area contributed by atoms with Gasteiger partial charge in [0.2, 0.25) is 0 Å². The molecule has 0 aliphatic carbocycles. The van der Waals surface area contributed by atoms with E-state index in [0.29, 0.717) is 11.6 Å². The quantitative estimate of drug-likeness (QED) is 0.851. The van der Waals surface area contributed by atoms with Gasteiger partial charge in [-0.2, -0.15) is 0 Å². The van der Waals surface area contributed by atoms with Crippen molar-refractivity contribution >= 4 is 11.7 Å². The van der Waals surface area contributed by atoms with Crippen molar-refractivity contribution < 1.29 is 9.90 Å². The first kappa shape index (κ1) is 13.6. The first-order valence-corrected chi connectivity index (χ1v) is 6.08. The van der Waals surface area contributed by atoms with Crippen LogP contribution in [-0.2, 0) is 0 Å². The molecule has 3 heteroatoms. The molecule has 0 fully saturated rings. The number of hydrogen-bond acceptors (Lipinski definition) is 2. The van der Waals surface area contributed by atoms with E-state index in [4.69, 9.17) is 0 Å². The van der Waals surface area contributed by atoms with Crippen molar-refractivity contribution in [2.45, 2.75) is 39.7 Å². The van der Waals surface area contributed by atoms with Crippen LogP contribution in [0.2, 0.25) is 0 Å². The molecular formula is C14H21NO2. The molecule has 0 aliphatic heterocycles. The summed E-state index contributed by atoms with van der Waals surface area (Å²) in [4.78, 5) is 13.3. The largest absolute Gasteiger partial charge is 0.478 e. The Morgan fingerprint density at radius 1 is 1.35 bits per heavy atom. The summed E-state index contributed by atoms with van der Waals surface area (Å²) in [5.74, 6) is -0.860. The lowest BCUT2D eigenvalue weighted by atomic mass is 10.0. The van der Waals surface area contributed by atoms with E-state index in [1.165, 1.54) is 0 Å². The number of hydrogen-bond donors (Lipinski definition) is 1. The number of rotatable bonds is 5. The van der Waals surface area contributed by atoms with Crippen LogP contribution in [-0.4, -0.2) is 24.2 Å². The molecule has 0 saturated heterocycles. The van der Waals surface area contributed by atoms with E-state index in [1.807, 2.05) is 20.0 Å². The van der Waals surface area contributed by atoms with Crippen LogP contribution in [0.3, 0.4) is 0 Å². The summed E-state index contributed by atoms with van der Waals surface area (Å²) in [6.07, 6.45) is 2.03. The van der Waals surface area contributed by atoms with Gasteiger partial charge in [-0.1, -0.05) is 26.0 Å². The van der Waals surface area contributed by atoms with Crippen molar-refractivity contribution in [2.75, 3.05) is 11.9 Å². The van der Waals surface area contributed by atoms with Gasteiger partial charge in [-0.15, -0.1) is 0 Å². The number of carboxylic acid groups (broad SMARTS) is 1. The Hall–Kier alpha value is -1.51. The minimum atomic E-state index is -0.860. The van der Waals surface area contributed by atoms with Crippen LogP contribution in [0.25, 0.3) is 0 Å². The van der Waals surface area contributed by atoms with Crippen LogP contribution in [0.15, 0.2) is 18.2 Å². The predicted molar refractivity (Wildman–Crippen MR) is 70.9 cm³/mol. The summed E-state index contributed by atoms with van der Waals surface area (Å²) in [5.41, 5.74) is 2.24. The molecule has 1 aromatic carbocycles. The van der Waals surface area contributed by atoms with Crippen LogP contribution >= 0.6 is 0 Å². The zero-order valence-corrected chi connectivity index (χ0v) is 11.0. The molecule has 0 atom stereocenters. The van der Waals surface area contributed by atoms with E-state index in [9.17, 15) is 9.90 Å². The van der Waals surface area contributed by atoms with Crippen molar-refractivity contribution in [1.29, 1.82) is 0 Å². The summed E-state index contributed by atoms with van der Waals surface area (Å²) in [5, 5.41) is 9.24. The van der Waals surface area contributed by atoms with E-state index in [2.05, 4.69) is 18.7 Å². The fourth-order valence-corrected chi connectivity index (χ4v) is 2.32. The Morgan fingerprint density at radius 2 is 1.94 bits per heavy atom. The smallest absolute Gasteiger partial charge is 0.337 e. The van der Waals surface area contributed by atoms with Crippen LogP contribution in [0.1, 0.15) is 42.6 Å². The minimum absolute atomic E-state index is 0.384. The molecule has 1 rings (SSSR count). The summed E-state index contributed by atoms with van der Waals surface area (Å²) in [6, 6.07) is 5.81. The average Bonchev–Trinajstić information content (AvgIpc) is 2.29. The Labute approximate surface area is 103 Å². The molecule has 0 amide bonds. The summed E-state index contributed by atoms with van der Waals surface area (Å²) >= 11 is 0. The van der Waals surface area contributed by atoms with Crippen LogP contribution < -0.4 is 4.90 Å². The Balaban J connectivity index is 3.23. The van der Waals surface area contributed by atoms with E-state index < -0.39 is 5.97 Å². The maximum atomic E-state index is 11.3. The van der Waals surface area contributed by atoms with Crippen LogP contribution in [0, 0.1) is 6.92 Å². The molecular weight excluding hydrogens is 214 g/mol. The molecule has 1 aromatic rings. The maximum absolute atomic E-state index is 11.3. The van der Waals surface area contributed by atoms with E-state index in [-0.39, 0.29) is 0 Å². The van der Waals surface area contributed by atoms with Crippen molar-refractivity contribution in [3.8, 4) is 0 Å². The molecule has 1 N–H and O–H groups in total. The highest BCUT2D eigenvalue weighted by molar-refractivity contribution is 5.95. The minimum Gasteiger partial charge on any atom is -0.478 e. The topological polar surface area (TPSA) is 40.5 Å². The highest BCUT2D eigenvalue weighted by Crippen LogP contribution is 2.27. The number of para-hydroxylation sites is 1. The van der Waals surface area contributed by atoms with Crippen molar-refractivity contribution in [3.63, 3.8) is 0 Å². The molecule has 94 valence electrons. The average molecular weight is 235 g/mol. The Kier molecular flexibility index (Phi) is 4.55. The molecule has 0 saturated carbocycles. The third-order valence-corrected chi connectivity index (χ3v) is 3.31. The maximum Gasteiger partial charge on any atom is 0.337 e. The van der Waals surface area contributed by atoms with Gasteiger partial charge in [-0.25, -0.2) is 4.79 Å². The van der Waals surface area contributed by atoms with Crippen LogP contribution in [0.4, 0.5) is 5.69 Å². The number of carboxylic acids is 1. The number of aryl methyl sites for hydroxylation is 1. The molecule has 0 bridgehead atoms. The standard InChI is InChI=1S/C14H21NO2/c1-5-11(6-2)15(4)13-10(3)8-7-9-12(13)14(16)17/h7-9,11H,5-6H2,1-4H3,(H,16,17). The lowest BCUT2D eigenvalue weighted by Crippen LogP contribution is -2.32. The van der Waals surface area contributed by atoms with Gasteiger partial charge in [0.1, 0.15) is 0 Å². The monoisotopic (exact) mass is 235 g/mol. The Bertz CT molecular complexity index is 397. The fourth-order valence-electron chi connectivity index (χ4n) is 2.32. The number of benzene rings is 1. The van der Waals surface area contributed by atoms with Crippen molar-refractivity contribution in [3.05, 3.63) is 29.3 Å². The SMILES string of the molecule is CCC(CC)N(C)c1c(C)cccc1C(=O)O. The highest BCUT2D eigenvalue weighted by atomic mass is 16.4. The zero-order chi connectivity index (χ0) is 13.0. The summed E-state index contributed by atoms with van der Waals surface area (Å²) in [6.45, 7) is 6.22. The van der Waals surface area contributed by atoms with E-state index >= 15 is 0 Å². The number of nitrogens with zero attached hydrogens (tertiary/aromatic N) is 1. The number of carbonyl (C=O) groups is 1. The van der Waals surface area contributed by atoms with Crippen molar-refractivity contribution in [2.24, 2.45) is 0 Å². The third-order valence-electron chi connectivity index (χ3n) is 3.31. The lowest BCUT2D eigenvalue weighted by Gasteiger charge is -2.31. The molecule has 0 aromatic heterocycles. The molecule has 0 unspecified atom stereocenters. The van der Waals surface area contributed by atoms with Gasteiger partial charge in [-0.05, 0) is 31.4 Å². The van der Waals surface area contributed by atoms with Gasteiger partial charge >= 0.3 is 5.97 Å². The summed E-state index contributed by atoms with van der Waals surface area (Å²) in [7, 11) is 1.98. The fraction of sp³-hybridized carbons (Fsp3) is 0.500. The first-order chi connectivity index (χ1) is 8.02. The second kappa shape index (κ2) is 5.71. The molecule has 0 aliphatic rings. The molecule has 0 spiro atoms. The lowest BCUT2D eigenvalue weighted by molar-refractivity contribution is 0.0697. The van der Waals surface area contributed by atoms with Gasteiger partial charge < -0.3 is 10.0 Å². The normalized spacial score (nSPS) is 10.6. The highest BCUT2D eigenvalue weighted by Gasteiger charge is 2.19. The van der Waals surface area contributed by atoms with Gasteiger partial charge in [0, 0.05) is 13.1 Å². The van der Waals surface area contributed by atoms with Gasteiger partial charge in [-0.3, -0.25) is 0 Å². The summed E-state index contributed by atoms with van der Waals surface area (Å²) < 4.78 is 0. The number of aromatic carboxylic acids is 1. The van der Waals surface area contributed by atoms with Crippen molar-refractivity contribution in [1.82, 2.24) is 0 Å². The number of anilines is 1. The van der Waals surface area contributed by atoms with Gasteiger partial charge in [0.25, 0.3) is 0 Å². The first-order valence-electron chi connectivity index (χ1n) is 6.08. The van der Waals surface area contributed by atoms with Gasteiger partial charge in [0.05, 0.1) is 11.3 Å². The van der Waals surface area contributed by atoms with Gasteiger partial charge in [0.15, 0.2) is 0 Å². The molecule has 17 heavy (non-hydrogen) atoms. The zero-order valence-electron chi connectivity index (χ0n) is 11.0. The second-order valence-electron chi connectivity index (χ2n) is 4.36. The van der Waals surface area contributed by atoms with Crippen LogP contribution in [0.5, 0.6) is 0 Å². The second-order valence-corrected chi connectivity index (χ2v) is 4.36. The Morgan fingerprint density at radius 3 is 2.41 bits per heavy atom. The predicted octanol–water partition coefficient (Wildman–Crippen LogP) is 3.32. The molecule has 0 heterocycles. The molecule has 0 radical (unpaired) electrons. The van der Waals surface area contributed by atoms with E-state index in [1.54, 1.807) is 12.1 Å². The molecule has 3 nitrogen and oxygen atoms in total. The third kappa shape index (κ3) is 2.78. The van der Waals surface area contributed by atoms with E-state index in [0.717, 1.165) is 24.1 Å².